The summed E-state index contributed by atoms with van der Waals surface area (Å²) in [6, 6.07) is 3.04. The van der Waals surface area contributed by atoms with Gasteiger partial charge < -0.3 is 28.6 Å². The topological polar surface area (TPSA) is 83.5 Å². The first kappa shape index (κ1) is 26.3. The van der Waals surface area contributed by atoms with E-state index in [-0.39, 0.29) is 35.6 Å². The van der Waals surface area contributed by atoms with Gasteiger partial charge in [0.15, 0.2) is 23.0 Å². The number of methoxy groups -OCH3 is 3. The molecular weight excluding hydrogens is 462 g/mol. The van der Waals surface area contributed by atoms with Gasteiger partial charge in [0.25, 0.3) is 5.91 Å². The van der Waals surface area contributed by atoms with Crippen molar-refractivity contribution in [2.24, 2.45) is 17.8 Å². The van der Waals surface area contributed by atoms with Crippen molar-refractivity contribution in [1.82, 2.24) is 4.90 Å². The molecule has 1 aliphatic carbocycles. The highest BCUT2D eigenvalue weighted by atomic mass is 16.5. The summed E-state index contributed by atoms with van der Waals surface area (Å²) in [5, 5.41) is 0. The van der Waals surface area contributed by atoms with E-state index in [1.807, 2.05) is 26.0 Å². The number of fused-ring (bicyclic) bond motifs is 1. The molecule has 4 rings (SSSR count). The fraction of sp³-hybridized carbons (Fsp3) is 0.643. The first-order valence-electron chi connectivity index (χ1n) is 12.9. The summed E-state index contributed by atoms with van der Waals surface area (Å²) >= 11 is 0. The molecule has 1 aromatic rings. The average Bonchev–Trinajstić information content (AvgIpc) is 3.13. The molecule has 0 spiro atoms. The number of rotatable bonds is 9. The molecule has 1 fully saturated rings. The SMILES string of the molecule is COc1cc(C2C3=C(OC4CC(C)C(C)CC4C3=O)C(=O)N2CCCOC(C)C)cc(OC)c1OC. The number of ketones is 1. The summed E-state index contributed by atoms with van der Waals surface area (Å²) in [5.41, 5.74) is 1.17. The first-order chi connectivity index (χ1) is 17.2. The maximum atomic E-state index is 14.0. The predicted octanol–water partition coefficient (Wildman–Crippen LogP) is 4.32. The van der Waals surface area contributed by atoms with Crippen LogP contribution in [0.2, 0.25) is 0 Å². The van der Waals surface area contributed by atoms with E-state index >= 15 is 0 Å². The summed E-state index contributed by atoms with van der Waals surface area (Å²) in [5.74, 6) is 2.00. The lowest BCUT2D eigenvalue weighted by molar-refractivity contribution is -0.137. The van der Waals surface area contributed by atoms with Gasteiger partial charge in [0.2, 0.25) is 5.75 Å². The van der Waals surface area contributed by atoms with Gasteiger partial charge in [-0.05, 0) is 62.6 Å². The van der Waals surface area contributed by atoms with Crippen molar-refractivity contribution < 1.29 is 33.3 Å². The van der Waals surface area contributed by atoms with Crippen LogP contribution < -0.4 is 14.2 Å². The molecule has 5 atom stereocenters. The molecule has 5 unspecified atom stereocenters. The van der Waals surface area contributed by atoms with Crippen LogP contribution in [0.5, 0.6) is 17.2 Å². The molecule has 0 aromatic heterocycles. The number of carbonyl (C=O) groups excluding carboxylic acids is 2. The van der Waals surface area contributed by atoms with Gasteiger partial charge in [-0.3, -0.25) is 9.59 Å². The highest BCUT2D eigenvalue weighted by Gasteiger charge is 2.53. The largest absolute Gasteiger partial charge is 0.493 e. The van der Waals surface area contributed by atoms with Crippen LogP contribution in [0.4, 0.5) is 0 Å². The summed E-state index contributed by atoms with van der Waals surface area (Å²) < 4.78 is 28.7. The Bertz CT molecular complexity index is 1010. The van der Waals surface area contributed by atoms with Gasteiger partial charge in [-0.15, -0.1) is 0 Å². The van der Waals surface area contributed by atoms with Gasteiger partial charge in [-0.2, -0.15) is 0 Å². The normalized spacial score (nSPS) is 27.7. The van der Waals surface area contributed by atoms with Crippen LogP contribution in [0, 0.1) is 17.8 Å². The van der Waals surface area contributed by atoms with Crippen LogP contribution in [0.15, 0.2) is 23.5 Å². The molecule has 1 saturated carbocycles. The first-order valence-corrected chi connectivity index (χ1v) is 12.9. The van der Waals surface area contributed by atoms with Crippen LogP contribution in [-0.4, -0.2) is 63.3 Å². The molecule has 3 aliphatic rings. The molecule has 36 heavy (non-hydrogen) atoms. The average molecular weight is 502 g/mol. The molecule has 8 nitrogen and oxygen atoms in total. The maximum absolute atomic E-state index is 14.0. The van der Waals surface area contributed by atoms with Crippen molar-refractivity contribution in [3.05, 3.63) is 29.0 Å². The van der Waals surface area contributed by atoms with E-state index in [2.05, 4.69) is 13.8 Å². The quantitative estimate of drug-likeness (QED) is 0.466. The Kier molecular flexibility index (Phi) is 7.83. The van der Waals surface area contributed by atoms with E-state index in [1.54, 1.807) is 26.2 Å². The van der Waals surface area contributed by atoms with E-state index in [0.717, 1.165) is 18.4 Å². The number of hydrogen-bond donors (Lipinski definition) is 0. The number of amides is 1. The lowest BCUT2D eigenvalue weighted by Crippen LogP contribution is -2.43. The Morgan fingerprint density at radius 1 is 1.00 bits per heavy atom. The zero-order valence-corrected chi connectivity index (χ0v) is 22.5. The van der Waals surface area contributed by atoms with E-state index in [9.17, 15) is 9.59 Å². The van der Waals surface area contributed by atoms with Crippen LogP contribution in [0.25, 0.3) is 0 Å². The number of Topliss-reactive ketones (excluding diaryl/α,β-unsaturated/α-hetero) is 1. The molecule has 8 heteroatoms. The Morgan fingerprint density at radius 3 is 2.22 bits per heavy atom. The van der Waals surface area contributed by atoms with Crippen molar-refractivity contribution in [3.63, 3.8) is 0 Å². The molecule has 0 radical (unpaired) electrons. The highest BCUT2D eigenvalue weighted by molar-refractivity contribution is 6.11. The number of ether oxygens (including phenoxy) is 5. The third-order valence-corrected chi connectivity index (χ3v) is 7.80. The smallest absolute Gasteiger partial charge is 0.290 e. The van der Waals surface area contributed by atoms with E-state index in [4.69, 9.17) is 23.7 Å². The van der Waals surface area contributed by atoms with Crippen molar-refractivity contribution in [1.29, 1.82) is 0 Å². The predicted molar refractivity (Wildman–Crippen MR) is 134 cm³/mol. The fourth-order valence-electron chi connectivity index (χ4n) is 5.70. The number of hydrogen-bond acceptors (Lipinski definition) is 7. The summed E-state index contributed by atoms with van der Waals surface area (Å²) in [4.78, 5) is 29.4. The molecule has 0 bridgehead atoms. The minimum absolute atomic E-state index is 0.0213. The van der Waals surface area contributed by atoms with Crippen molar-refractivity contribution in [2.75, 3.05) is 34.5 Å². The van der Waals surface area contributed by atoms with Crippen molar-refractivity contribution in [3.8, 4) is 17.2 Å². The van der Waals surface area contributed by atoms with Gasteiger partial charge in [-0.25, -0.2) is 0 Å². The Morgan fingerprint density at radius 2 is 1.64 bits per heavy atom. The van der Waals surface area contributed by atoms with Gasteiger partial charge in [0.1, 0.15) is 6.10 Å². The minimum Gasteiger partial charge on any atom is -0.493 e. The monoisotopic (exact) mass is 501 g/mol. The molecule has 2 heterocycles. The molecular formula is C28H39NO7. The third-order valence-electron chi connectivity index (χ3n) is 7.80. The summed E-state index contributed by atoms with van der Waals surface area (Å²) in [6.07, 6.45) is 2.03. The van der Waals surface area contributed by atoms with Crippen LogP contribution in [-0.2, 0) is 19.1 Å². The van der Waals surface area contributed by atoms with Gasteiger partial charge in [0.05, 0.1) is 45.0 Å². The van der Waals surface area contributed by atoms with Crippen LogP contribution >= 0.6 is 0 Å². The second kappa shape index (κ2) is 10.7. The summed E-state index contributed by atoms with van der Waals surface area (Å²) in [6.45, 7) is 9.29. The van der Waals surface area contributed by atoms with Gasteiger partial charge >= 0.3 is 0 Å². The van der Waals surface area contributed by atoms with Gasteiger partial charge in [-0.1, -0.05) is 13.8 Å². The van der Waals surface area contributed by atoms with E-state index < -0.39 is 6.04 Å². The van der Waals surface area contributed by atoms with Crippen molar-refractivity contribution >= 4 is 11.7 Å². The zero-order chi connectivity index (χ0) is 26.1. The zero-order valence-electron chi connectivity index (χ0n) is 22.5. The summed E-state index contributed by atoms with van der Waals surface area (Å²) in [7, 11) is 4.65. The lowest BCUT2D eigenvalue weighted by Gasteiger charge is -2.40. The number of nitrogens with zero attached hydrogens (tertiary/aromatic N) is 1. The Balaban J connectivity index is 1.76. The highest BCUT2D eigenvalue weighted by Crippen LogP contribution is 2.50. The Hall–Kier alpha value is -2.74. The number of carbonyl (C=O) groups is 2. The molecule has 1 amide bonds. The molecule has 1 aromatic carbocycles. The van der Waals surface area contributed by atoms with E-state index in [0.29, 0.717) is 54.2 Å². The Labute approximate surface area is 213 Å². The maximum Gasteiger partial charge on any atom is 0.290 e. The number of benzene rings is 1. The molecule has 198 valence electrons. The lowest BCUT2D eigenvalue weighted by atomic mass is 9.70. The fourth-order valence-corrected chi connectivity index (χ4v) is 5.70. The second-order valence-corrected chi connectivity index (χ2v) is 10.4. The second-order valence-electron chi connectivity index (χ2n) is 10.4. The minimum atomic E-state index is -0.594. The third kappa shape index (κ3) is 4.67. The van der Waals surface area contributed by atoms with Crippen LogP contribution in [0.1, 0.15) is 58.6 Å². The van der Waals surface area contributed by atoms with Gasteiger partial charge in [0, 0.05) is 13.2 Å². The molecule has 0 N–H and O–H groups in total. The molecule has 2 aliphatic heterocycles. The standard InChI is InChI=1S/C28H39NO7/c1-15(2)35-10-8-9-29-24(18-13-21(32-5)26(34-7)22(14-18)33-6)23-25(30)19-11-16(3)17(4)12-20(19)36-27(23)28(29)31/h13-17,19-20,24H,8-12H2,1-7H3. The van der Waals surface area contributed by atoms with Crippen LogP contribution in [0.3, 0.4) is 0 Å². The van der Waals surface area contributed by atoms with Crippen molar-refractivity contribution in [2.45, 2.75) is 65.2 Å². The van der Waals surface area contributed by atoms with E-state index in [1.165, 1.54) is 0 Å². The molecule has 0 saturated heterocycles.